The van der Waals surface area contributed by atoms with Gasteiger partial charge in [0.1, 0.15) is 32.5 Å². The Morgan fingerprint density at radius 1 is 0.237 bits per heavy atom. The highest BCUT2D eigenvalue weighted by molar-refractivity contribution is 5.98. The second-order valence-electron chi connectivity index (χ2n) is 11.9. The molecule has 59 heavy (non-hydrogen) atoms. The van der Waals surface area contributed by atoms with Gasteiger partial charge in [-0.15, -0.1) is 0 Å². The summed E-state index contributed by atoms with van der Waals surface area (Å²) >= 11 is 0. The van der Waals surface area contributed by atoms with Crippen LogP contribution in [0.2, 0.25) is 0 Å². The first-order chi connectivity index (χ1) is 27.2. The van der Waals surface area contributed by atoms with Gasteiger partial charge in [0.05, 0.1) is 39.3 Å². The normalized spacial score (nSPS) is 10.5. The molecule has 0 fully saturated rings. The van der Waals surface area contributed by atoms with E-state index in [1.165, 1.54) is 0 Å². The third-order valence-electron chi connectivity index (χ3n) is 6.85. The number of hydrogen-bond acceptors (Lipinski definition) is 16. The zero-order valence-corrected chi connectivity index (χ0v) is 31.0. The van der Waals surface area contributed by atoms with E-state index in [1.54, 1.807) is 0 Å². The van der Waals surface area contributed by atoms with Gasteiger partial charge < -0.3 is 65.8 Å². The first-order valence-electron chi connectivity index (χ1n) is 16.4. The number of nitrogens with zero attached hydrogens (tertiary/aromatic N) is 6. The Hall–Kier alpha value is -7.01. The fraction of sp³-hybridized carbons (Fsp3) is 0.567. The van der Waals surface area contributed by atoms with E-state index in [0.717, 1.165) is 14.7 Å². The lowest BCUT2D eigenvalue weighted by Crippen LogP contribution is -2.47. The quantitative estimate of drug-likeness (QED) is 0.0290. The smallest absolute Gasteiger partial charge is 0.323 e. The van der Waals surface area contributed by atoms with Gasteiger partial charge in [-0.1, -0.05) is 0 Å². The molecular weight excluding hydrogens is 812 g/mol. The third-order valence-corrected chi connectivity index (χ3v) is 6.85. The van der Waals surface area contributed by atoms with Crippen LogP contribution in [-0.4, -0.2) is 256 Å². The minimum absolute atomic E-state index is 0.225. The minimum atomic E-state index is -1.50. The molecule has 0 aromatic rings. The maximum Gasteiger partial charge on any atom is 0.323 e. The number of carboxylic acids is 10. The van der Waals surface area contributed by atoms with Crippen LogP contribution in [0.3, 0.4) is 0 Å². The van der Waals surface area contributed by atoms with Crippen LogP contribution >= 0.6 is 0 Å². The van der Waals surface area contributed by atoms with Crippen molar-refractivity contribution in [1.29, 1.82) is 0 Å². The van der Waals surface area contributed by atoms with Gasteiger partial charge in [0.2, 0.25) is 17.7 Å². The lowest BCUT2D eigenvalue weighted by atomic mass is 10.2. The van der Waals surface area contributed by atoms with Crippen LogP contribution in [-0.2, 0) is 62.3 Å². The Balaban J connectivity index is 0. The summed E-state index contributed by atoms with van der Waals surface area (Å²) in [7, 11) is 0. The summed E-state index contributed by atoms with van der Waals surface area (Å²) in [5.74, 6) is -17.0. The average molecular weight is 857 g/mol. The Morgan fingerprint density at radius 3 is 0.593 bits per heavy atom. The van der Waals surface area contributed by atoms with Crippen LogP contribution in [0, 0.1) is 0 Å². The van der Waals surface area contributed by atoms with Crippen LogP contribution in [0.15, 0.2) is 0 Å². The molecule has 29 heteroatoms. The molecule has 0 radical (unpaired) electrons. The van der Waals surface area contributed by atoms with Crippen molar-refractivity contribution in [3.8, 4) is 0 Å². The molecule has 332 valence electrons. The fourth-order valence-electron chi connectivity index (χ4n) is 4.54. The van der Waals surface area contributed by atoms with Crippen molar-refractivity contribution in [2.45, 2.75) is 12.8 Å². The van der Waals surface area contributed by atoms with Gasteiger partial charge in [-0.2, -0.15) is 0 Å². The molecule has 0 aliphatic heterocycles. The highest BCUT2D eigenvalue weighted by atomic mass is 16.4. The Morgan fingerprint density at radius 2 is 0.424 bits per heavy atom. The molecule has 0 bridgehead atoms. The zero-order chi connectivity index (χ0) is 46.0. The van der Waals surface area contributed by atoms with Gasteiger partial charge >= 0.3 is 59.7 Å². The van der Waals surface area contributed by atoms with Crippen LogP contribution in [0.25, 0.3) is 0 Å². The van der Waals surface area contributed by atoms with E-state index in [1.807, 2.05) is 0 Å². The van der Waals surface area contributed by atoms with Crippen molar-refractivity contribution in [3.63, 3.8) is 0 Å². The van der Waals surface area contributed by atoms with Gasteiger partial charge in [0, 0.05) is 39.3 Å². The first-order valence-corrected chi connectivity index (χ1v) is 16.4. The number of carboxylic acid groups (broad SMARTS) is 10. The number of aliphatic carboxylic acids is 10. The molecule has 0 spiro atoms. The molecule has 29 nitrogen and oxygen atoms in total. The molecule has 0 heterocycles. The van der Waals surface area contributed by atoms with E-state index in [0.29, 0.717) is 14.7 Å². The molecule has 10 N–H and O–H groups in total. The molecule has 0 saturated heterocycles. The standard InChI is InChI=1S/C19H28N4O14.C11H16N2O9/c24-12(22(10-18(34)35)3-1-20(6-14(26)27)7-15(28)29)5-13(25)23(11-19(36)37)4-2-21(8-16(30)31)9-17(32)33;14-7(3-8(15)16)13(6-11(21)22)2-1-12(4-9(17)18)5-10(19)20/h1-11H2,(H,26,27)(H,28,29)(H,30,31)(H,32,33)(H,34,35)(H,36,37);1-6H2,(H,15,16)(H,17,18)(H,19,20)(H,21,22). The maximum atomic E-state index is 12.6. The summed E-state index contributed by atoms with van der Waals surface area (Å²) in [6.45, 7) is -8.96. The molecule has 0 saturated carbocycles. The monoisotopic (exact) mass is 856 g/mol. The number of carbonyl (C=O) groups excluding carboxylic acids is 3. The summed E-state index contributed by atoms with van der Waals surface area (Å²) in [5, 5.41) is 88.2. The molecule has 0 rings (SSSR count). The molecular formula is C30H44N6O23. The van der Waals surface area contributed by atoms with Crippen molar-refractivity contribution in [3.05, 3.63) is 0 Å². The fourth-order valence-corrected chi connectivity index (χ4v) is 4.54. The molecule has 0 unspecified atom stereocenters. The predicted molar refractivity (Wildman–Crippen MR) is 185 cm³/mol. The topological polar surface area (TPSA) is 444 Å². The van der Waals surface area contributed by atoms with Crippen LogP contribution in [0.1, 0.15) is 12.8 Å². The number of carbonyl (C=O) groups is 13. The predicted octanol–water partition coefficient (Wildman–Crippen LogP) is -6.01. The Labute approximate surface area is 331 Å². The number of hydrogen-bond donors (Lipinski definition) is 10. The molecule has 0 aromatic heterocycles. The molecule has 0 atom stereocenters. The molecule has 0 aliphatic carbocycles. The van der Waals surface area contributed by atoms with Gasteiger partial charge in [0.25, 0.3) is 0 Å². The summed E-state index contributed by atoms with van der Waals surface area (Å²) in [5.41, 5.74) is 0. The van der Waals surface area contributed by atoms with E-state index in [9.17, 15) is 62.3 Å². The third kappa shape index (κ3) is 29.9. The number of amides is 3. The maximum absolute atomic E-state index is 12.6. The minimum Gasteiger partial charge on any atom is -0.481 e. The van der Waals surface area contributed by atoms with E-state index in [-0.39, 0.29) is 26.2 Å². The van der Waals surface area contributed by atoms with Crippen molar-refractivity contribution >= 4 is 77.4 Å². The van der Waals surface area contributed by atoms with Crippen molar-refractivity contribution in [2.24, 2.45) is 0 Å². The van der Waals surface area contributed by atoms with Crippen LogP contribution < -0.4 is 0 Å². The van der Waals surface area contributed by atoms with E-state index >= 15 is 0 Å². The van der Waals surface area contributed by atoms with Gasteiger partial charge in [-0.3, -0.25) is 77.0 Å². The summed E-state index contributed by atoms with van der Waals surface area (Å²) in [6, 6.07) is 0. The van der Waals surface area contributed by atoms with E-state index < -0.39 is 162 Å². The van der Waals surface area contributed by atoms with Gasteiger partial charge in [-0.25, -0.2) is 0 Å². The van der Waals surface area contributed by atoms with E-state index in [4.69, 9.17) is 51.1 Å². The zero-order valence-electron chi connectivity index (χ0n) is 31.0. The lowest BCUT2D eigenvalue weighted by molar-refractivity contribution is -0.150. The highest BCUT2D eigenvalue weighted by Gasteiger charge is 2.27. The average Bonchev–Trinajstić information content (AvgIpc) is 3.04. The van der Waals surface area contributed by atoms with Gasteiger partial charge in [0.15, 0.2) is 0 Å². The summed E-state index contributed by atoms with van der Waals surface area (Å²) < 4.78 is 0. The second kappa shape index (κ2) is 28.4. The Bertz CT molecular complexity index is 1450. The largest absolute Gasteiger partial charge is 0.481 e. The second-order valence-corrected chi connectivity index (χ2v) is 11.9. The number of rotatable bonds is 31. The first kappa shape index (κ1) is 54.1. The lowest BCUT2D eigenvalue weighted by Gasteiger charge is -2.27. The van der Waals surface area contributed by atoms with Crippen molar-refractivity contribution in [1.82, 2.24) is 29.4 Å². The summed E-state index contributed by atoms with van der Waals surface area (Å²) in [4.78, 5) is 150. The molecule has 0 aliphatic rings. The van der Waals surface area contributed by atoms with Gasteiger partial charge in [-0.05, 0) is 0 Å². The van der Waals surface area contributed by atoms with Crippen molar-refractivity contribution < 1.29 is 113 Å². The molecule has 3 amide bonds. The SMILES string of the molecule is O=C(O)CC(=O)N(CCN(CC(=O)O)CC(=O)O)CC(=O)O.O=C(O)CN(CCN(CC(=O)O)C(=O)CC(=O)N(CCN(CC(=O)O)CC(=O)O)CC(=O)O)CC(=O)O. The highest BCUT2D eigenvalue weighted by Crippen LogP contribution is 2.04. The summed E-state index contributed by atoms with van der Waals surface area (Å²) in [6.07, 6.45) is -1.93. The van der Waals surface area contributed by atoms with E-state index in [2.05, 4.69) is 0 Å². The van der Waals surface area contributed by atoms with Crippen molar-refractivity contribution in [2.75, 3.05) is 98.2 Å². The Kier molecular flexibility index (Phi) is 26.0. The molecule has 0 aromatic carbocycles. The van der Waals surface area contributed by atoms with Crippen LogP contribution in [0.4, 0.5) is 0 Å². The van der Waals surface area contributed by atoms with Crippen LogP contribution in [0.5, 0.6) is 0 Å².